The second-order valence-electron chi connectivity index (χ2n) is 6.36. The molecule has 0 saturated heterocycles. The van der Waals surface area contributed by atoms with Crippen molar-refractivity contribution >= 4 is 39.3 Å². The summed E-state index contributed by atoms with van der Waals surface area (Å²) < 4.78 is 79.4. The van der Waals surface area contributed by atoms with Crippen molar-refractivity contribution in [2.45, 2.75) is 22.4 Å². The molecule has 0 unspecified atom stereocenters. The summed E-state index contributed by atoms with van der Waals surface area (Å²) in [6, 6.07) is 10.8. The van der Waals surface area contributed by atoms with Crippen molar-refractivity contribution in [3.63, 3.8) is 0 Å². The van der Waals surface area contributed by atoms with Gasteiger partial charge in [0, 0.05) is 10.6 Å². The minimum atomic E-state index is -4.73. The lowest BCUT2D eigenvalue weighted by Gasteiger charge is -2.15. The number of Topliss-reactive ketones (excluding diaryl/α,β-unsaturated/α-hetero) is 1. The van der Waals surface area contributed by atoms with E-state index in [4.69, 9.17) is 11.6 Å². The average molecular weight is 525 g/mol. The highest BCUT2D eigenvalue weighted by molar-refractivity contribution is 7.99. The Hall–Kier alpha value is -2.55. The van der Waals surface area contributed by atoms with E-state index in [-0.39, 0.29) is 11.3 Å². The van der Waals surface area contributed by atoms with Crippen molar-refractivity contribution in [3.05, 3.63) is 59.1 Å². The summed E-state index contributed by atoms with van der Waals surface area (Å²) in [6.45, 7) is -2.01. The predicted molar refractivity (Wildman–Crippen MR) is 110 cm³/mol. The van der Waals surface area contributed by atoms with Gasteiger partial charge in [0.15, 0.2) is 5.78 Å². The fourth-order valence-electron chi connectivity index (χ4n) is 2.32. The normalized spacial score (nSPS) is 12.3. The lowest BCUT2D eigenvalue weighted by Crippen LogP contribution is -2.33. The van der Waals surface area contributed by atoms with E-state index in [9.17, 15) is 30.8 Å². The number of nitrogens with zero attached hydrogens (tertiary/aromatic N) is 4. The van der Waals surface area contributed by atoms with E-state index in [2.05, 4.69) is 19.7 Å². The topological polar surface area (TPSA) is 104 Å². The van der Waals surface area contributed by atoms with Crippen LogP contribution in [0.5, 0.6) is 0 Å². The molecule has 3 aromatic rings. The van der Waals surface area contributed by atoms with Crippen molar-refractivity contribution < 1.29 is 35.0 Å². The molecule has 8 nitrogen and oxygen atoms in total. The van der Waals surface area contributed by atoms with Gasteiger partial charge in [0.05, 0.1) is 16.3 Å². The van der Waals surface area contributed by atoms with Crippen LogP contribution in [0.1, 0.15) is 10.4 Å². The summed E-state index contributed by atoms with van der Waals surface area (Å²) in [7, 11) is -4.73. The molecule has 1 aromatic heterocycles. The smallest absolute Gasteiger partial charge is 0.293 e. The second kappa shape index (κ2) is 10.2. The van der Waals surface area contributed by atoms with Gasteiger partial charge in [0.25, 0.3) is 10.1 Å². The van der Waals surface area contributed by atoms with Crippen LogP contribution >= 0.6 is 23.4 Å². The number of aromatic nitrogens is 4. The molecular weight excluding hydrogens is 512 g/mol. The molecule has 3 rings (SSSR count). The molecule has 0 atom stereocenters. The Morgan fingerprint density at radius 3 is 2.36 bits per heavy atom. The summed E-state index contributed by atoms with van der Waals surface area (Å²) in [5.74, 6) is -5.13. The third-order valence-electron chi connectivity index (χ3n) is 4.04. The quantitative estimate of drug-likeness (QED) is 0.170. The Morgan fingerprint density at radius 1 is 1.12 bits per heavy atom. The molecule has 0 aliphatic rings. The number of thioether (sulfide) groups is 1. The van der Waals surface area contributed by atoms with Gasteiger partial charge in [0.1, 0.15) is 6.61 Å². The maximum absolute atomic E-state index is 12.9. The van der Waals surface area contributed by atoms with Gasteiger partial charge in [-0.2, -0.15) is 21.9 Å². The Labute approximate surface area is 194 Å². The largest absolute Gasteiger partial charge is 0.331 e. The van der Waals surface area contributed by atoms with E-state index in [1.807, 2.05) is 0 Å². The molecule has 2 aromatic carbocycles. The highest BCUT2D eigenvalue weighted by Crippen LogP contribution is 2.26. The molecule has 1 heterocycles. The molecule has 0 aliphatic carbocycles. The van der Waals surface area contributed by atoms with Crippen LogP contribution < -0.4 is 0 Å². The highest BCUT2D eigenvalue weighted by atomic mass is 35.5. The van der Waals surface area contributed by atoms with Crippen LogP contribution in [0.2, 0.25) is 5.02 Å². The summed E-state index contributed by atoms with van der Waals surface area (Å²) in [4.78, 5) is 11.9. The Morgan fingerprint density at radius 2 is 1.76 bits per heavy atom. The fourth-order valence-corrected chi connectivity index (χ4v) is 4.15. The molecule has 15 heteroatoms. The molecule has 0 amide bonds. The lowest BCUT2D eigenvalue weighted by atomic mass is 10.1. The number of carbonyl (C=O) groups excluding carboxylic acids is 1. The SMILES string of the molecule is O=C(CSc1nnnn1-c1ccc(Cl)cc1)c1ccc(S(=O)(=O)OCC(F)(F)C(F)F)cc1. The lowest BCUT2D eigenvalue weighted by molar-refractivity contribution is -0.147. The van der Waals surface area contributed by atoms with Crippen molar-refractivity contribution in [3.8, 4) is 5.69 Å². The first-order valence-electron chi connectivity index (χ1n) is 8.85. The maximum Gasteiger partial charge on any atom is 0.331 e. The zero-order chi connectivity index (χ0) is 24.2. The molecule has 0 aliphatic heterocycles. The van der Waals surface area contributed by atoms with E-state index >= 15 is 0 Å². The van der Waals surface area contributed by atoms with Gasteiger partial charge in [-0.15, -0.1) is 5.10 Å². The number of hydrogen-bond acceptors (Lipinski definition) is 8. The number of benzene rings is 2. The van der Waals surface area contributed by atoms with Gasteiger partial charge < -0.3 is 0 Å². The van der Waals surface area contributed by atoms with Gasteiger partial charge in [0.2, 0.25) is 5.16 Å². The molecule has 0 spiro atoms. The molecule has 0 radical (unpaired) electrons. The molecule has 0 N–H and O–H groups in total. The first-order valence-corrected chi connectivity index (χ1v) is 11.6. The first kappa shape index (κ1) is 25.1. The van der Waals surface area contributed by atoms with E-state index in [0.29, 0.717) is 15.9 Å². The van der Waals surface area contributed by atoms with Crippen molar-refractivity contribution in [1.82, 2.24) is 20.2 Å². The third kappa shape index (κ3) is 6.28. The van der Waals surface area contributed by atoms with Crippen LogP contribution in [0.25, 0.3) is 5.69 Å². The number of hydrogen-bond donors (Lipinski definition) is 0. The molecular formula is C18H13ClF4N4O4S2. The van der Waals surface area contributed by atoms with E-state index in [1.165, 1.54) is 4.68 Å². The zero-order valence-electron chi connectivity index (χ0n) is 16.2. The Kier molecular flexibility index (Phi) is 7.72. The van der Waals surface area contributed by atoms with Gasteiger partial charge in [-0.1, -0.05) is 23.4 Å². The van der Waals surface area contributed by atoms with Crippen LogP contribution in [0.4, 0.5) is 17.6 Å². The van der Waals surface area contributed by atoms with Crippen LogP contribution in [0.15, 0.2) is 58.6 Å². The Bertz CT molecular complexity index is 1220. The number of tetrazole rings is 1. The number of alkyl halides is 4. The van der Waals surface area contributed by atoms with Gasteiger partial charge in [-0.3, -0.25) is 8.98 Å². The molecule has 0 fully saturated rings. The summed E-state index contributed by atoms with van der Waals surface area (Å²) in [5, 5.41) is 12.1. The maximum atomic E-state index is 12.9. The number of carbonyl (C=O) groups is 1. The number of ketones is 1. The number of rotatable bonds is 10. The second-order valence-corrected chi connectivity index (χ2v) is 9.36. The number of halogens is 5. The summed E-state index contributed by atoms with van der Waals surface area (Å²) in [6.07, 6.45) is -4.08. The monoisotopic (exact) mass is 524 g/mol. The van der Waals surface area contributed by atoms with Crippen LogP contribution in [-0.4, -0.2) is 59.1 Å². The Balaban J connectivity index is 1.63. The molecule has 176 valence electrons. The van der Waals surface area contributed by atoms with Crippen LogP contribution in [0.3, 0.4) is 0 Å². The highest BCUT2D eigenvalue weighted by Gasteiger charge is 2.42. The predicted octanol–water partition coefficient (Wildman–Crippen LogP) is 3.90. The van der Waals surface area contributed by atoms with Crippen molar-refractivity contribution in [2.75, 3.05) is 12.4 Å². The minimum absolute atomic E-state index is 0.100. The first-order chi connectivity index (χ1) is 15.5. The van der Waals surface area contributed by atoms with Crippen LogP contribution in [-0.2, 0) is 14.3 Å². The van der Waals surface area contributed by atoms with E-state index in [0.717, 1.165) is 36.0 Å². The van der Waals surface area contributed by atoms with Crippen LogP contribution in [0, 0.1) is 0 Å². The average Bonchev–Trinajstić information content (AvgIpc) is 3.25. The molecule has 0 saturated carbocycles. The van der Waals surface area contributed by atoms with Crippen molar-refractivity contribution in [2.24, 2.45) is 0 Å². The summed E-state index contributed by atoms with van der Waals surface area (Å²) >= 11 is 6.88. The van der Waals surface area contributed by atoms with E-state index in [1.54, 1.807) is 24.3 Å². The third-order valence-corrected chi connectivity index (χ3v) is 6.48. The minimum Gasteiger partial charge on any atom is -0.293 e. The van der Waals surface area contributed by atoms with E-state index < -0.39 is 39.8 Å². The van der Waals surface area contributed by atoms with Crippen molar-refractivity contribution in [1.29, 1.82) is 0 Å². The molecule has 0 bridgehead atoms. The molecule has 33 heavy (non-hydrogen) atoms. The fraction of sp³-hybridized carbons (Fsp3) is 0.222. The van der Waals surface area contributed by atoms with Gasteiger partial charge in [-0.25, -0.2) is 8.78 Å². The van der Waals surface area contributed by atoms with Gasteiger partial charge in [-0.05, 0) is 59.0 Å². The standard InChI is InChI=1S/C18H13ClF4N4O4S2/c19-12-3-5-13(6-4-12)27-17(24-25-26-27)32-9-15(28)11-1-7-14(8-2-11)33(29,30)31-10-18(22,23)16(20)21/h1-8,16H,9-10H2. The summed E-state index contributed by atoms with van der Waals surface area (Å²) in [5.41, 5.74) is 0.733. The zero-order valence-corrected chi connectivity index (χ0v) is 18.6. The van der Waals surface area contributed by atoms with Gasteiger partial charge >= 0.3 is 12.3 Å².